The highest BCUT2D eigenvalue weighted by Crippen LogP contribution is 2.38. The van der Waals surface area contributed by atoms with Gasteiger partial charge in [-0.15, -0.1) is 0 Å². The molecule has 2 aromatic rings. The van der Waals surface area contributed by atoms with Crippen molar-refractivity contribution in [3.05, 3.63) is 24.4 Å². The second kappa shape index (κ2) is 5.69. The Hall–Kier alpha value is -0.930. The first-order valence-corrected chi connectivity index (χ1v) is 6.70. The molecule has 116 valence electrons. The summed E-state index contributed by atoms with van der Waals surface area (Å²) in [5.41, 5.74) is 0.288. The third-order valence-corrected chi connectivity index (χ3v) is 3.29. The van der Waals surface area contributed by atoms with Crippen molar-refractivity contribution < 1.29 is 26.7 Å². The third-order valence-electron chi connectivity index (χ3n) is 2.20. The molecule has 0 fully saturated rings. The molecule has 0 saturated heterocycles. The molecular weight excluding hydrogens is 362 g/mol. The normalized spacial score (nSPS) is 13.1. The Morgan fingerprint density at radius 2 is 1.90 bits per heavy atom. The van der Waals surface area contributed by atoms with Crippen LogP contribution in [0.2, 0.25) is 0 Å². The minimum absolute atomic E-state index is 0.252. The lowest BCUT2D eigenvalue weighted by atomic mass is 10.2. The monoisotopic (exact) mass is 366 g/mol. The largest absolute Gasteiger partial charge is 0.461 e. The first-order chi connectivity index (χ1) is 9.58. The molecule has 0 saturated carbocycles. The Morgan fingerprint density at radius 1 is 1.24 bits per heavy atom. The van der Waals surface area contributed by atoms with E-state index in [1.807, 2.05) is 0 Å². The first-order valence-electron chi connectivity index (χ1n) is 5.17. The first kappa shape index (κ1) is 16.4. The minimum Gasteiger partial charge on any atom is -0.428 e. The summed E-state index contributed by atoms with van der Waals surface area (Å²) in [6.07, 6.45) is -7.39. The van der Waals surface area contributed by atoms with Crippen LogP contribution in [0.5, 0.6) is 5.75 Å². The van der Waals surface area contributed by atoms with Gasteiger partial charge in [-0.2, -0.15) is 27.1 Å². The molecule has 21 heavy (non-hydrogen) atoms. The van der Waals surface area contributed by atoms with Gasteiger partial charge >= 0.3 is 16.5 Å². The smallest absolute Gasteiger partial charge is 0.428 e. The Bertz CT molecular complexity index is 646. The van der Waals surface area contributed by atoms with Gasteiger partial charge in [-0.05, 0) is 18.2 Å². The van der Waals surface area contributed by atoms with E-state index in [0.717, 1.165) is 16.2 Å². The molecule has 0 atom stereocenters. The van der Waals surface area contributed by atoms with E-state index in [1.165, 1.54) is 12.3 Å². The van der Waals surface area contributed by atoms with Crippen molar-refractivity contribution in [2.24, 2.45) is 0 Å². The van der Waals surface area contributed by atoms with E-state index in [-0.39, 0.29) is 10.9 Å². The van der Waals surface area contributed by atoms with E-state index in [9.17, 15) is 22.0 Å². The van der Waals surface area contributed by atoms with Crippen LogP contribution in [0.1, 0.15) is 0 Å². The van der Waals surface area contributed by atoms with Crippen molar-refractivity contribution in [1.82, 2.24) is 9.19 Å². The van der Waals surface area contributed by atoms with Crippen LogP contribution in [-0.4, -0.2) is 25.6 Å². The predicted molar refractivity (Wildman–Crippen MR) is 69.8 cm³/mol. The zero-order chi connectivity index (χ0) is 15.8. The van der Waals surface area contributed by atoms with Gasteiger partial charge in [0.05, 0.1) is 23.7 Å². The van der Waals surface area contributed by atoms with Crippen LogP contribution in [-0.2, 0) is 0 Å². The van der Waals surface area contributed by atoms with Crippen molar-refractivity contribution in [3.63, 3.8) is 0 Å². The Morgan fingerprint density at radius 3 is 2.48 bits per heavy atom. The van der Waals surface area contributed by atoms with Crippen LogP contribution in [0.15, 0.2) is 24.4 Å². The van der Waals surface area contributed by atoms with Crippen molar-refractivity contribution in [1.29, 1.82) is 0 Å². The van der Waals surface area contributed by atoms with Gasteiger partial charge in [0, 0.05) is 5.39 Å². The van der Waals surface area contributed by atoms with E-state index in [4.69, 9.17) is 23.2 Å². The van der Waals surface area contributed by atoms with Crippen molar-refractivity contribution in [3.8, 4) is 5.75 Å². The summed E-state index contributed by atoms with van der Waals surface area (Å²) < 4.78 is 65.0. The summed E-state index contributed by atoms with van der Waals surface area (Å²) in [5, 5.41) is 3.99. The highest BCUT2D eigenvalue weighted by Gasteiger charge is 2.44. The topological polar surface area (TPSA) is 27.1 Å². The molecule has 0 amide bonds. The molecule has 0 radical (unpaired) electrons. The molecule has 0 aliphatic heterocycles. The molecule has 2 rings (SSSR count). The number of ether oxygens (including phenoxy) is 1. The second-order valence-electron chi connectivity index (χ2n) is 3.74. The maximum Gasteiger partial charge on any atom is 0.461 e. The molecule has 0 spiro atoms. The predicted octanol–water partition coefficient (Wildman–Crippen LogP) is 4.83. The van der Waals surface area contributed by atoms with Crippen molar-refractivity contribution in [2.45, 2.75) is 16.5 Å². The molecule has 0 unspecified atom stereocenters. The van der Waals surface area contributed by atoms with E-state index in [1.54, 1.807) is 0 Å². The number of aromatic nitrogens is 2. The average molecular weight is 367 g/mol. The van der Waals surface area contributed by atoms with E-state index in [2.05, 4.69) is 9.84 Å². The molecule has 1 aromatic carbocycles. The van der Waals surface area contributed by atoms with Crippen LogP contribution in [0.25, 0.3) is 10.9 Å². The van der Waals surface area contributed by atoms with Crippen molar-refractivity contribution in [2.75, 3.05) is 0 Å². The number of benzene rings is 1. The maximum atomic E-state index is 13.1. The SMILES string of the molecule is FC(F)C(F)(F)Oc1ccc2c(cnn2SC(F)(Cl)Cl)c1. The molecule has 0 aliphatic rings. The summed E-state index contributed by atoms with van der Waals surface area (Å²) >= 11 is 10.7. The molecule has 0 bridgehead atoms. The number of alkyl halides is 7. The molecular formula is C10H5Cl2F5N2OS. The Labute approximate surface area is 129 Å². The quantitative estimate of drug-likeness (QED) is 0.560. The van der Waals surface area contributed by atoms with Crippen LogP contribution < -0.4 is 4.74 Å². The number of nitrogens with zero attached hydrogens (tertiary/aromatic N) is 2. The van der Waals surface area contributed by atoms with Crippen LogP contribution in [0.3, 0.4) is 0 Å². The lowest BCUT2D eigenvalue weighted by Gasteiger charge is -2.16. The van der Waals surface area contributed by atoms with Gasteiger partial charge in [0.25, 0.3) is 0 Å². The summed E-state index contributed by atoms with van der Waals surface area (Å²) in [4.78, 5) is 0. The second-order valence-corrected chi connectivity index (χ2v) is 6.51. The Kier molecular flexibility index (Phi) is 4.46. The standard InChI is InChI=1S/C10H5Cl2F5N2OS/c11-10(12,17)21-19-7-2-1-6(3-5(7)4-18-19)20-9(15,16)8(13)14/h1-4,8H. The minimum atomic E-state index is -4.61. The number of rotatable bonds is 5. The third kappa shape index (κ3) is 4.04. The van der Waals surface area contributed by atoms with Gasteiger partial charge in [-0.3, -0.25) is 0 Å². The van der Waals surface area contributed by atoms with Gasteiger partial charge in [-0.1, -0.05) is 23.2 Å². The molecule has 0 N–H and O–H groups in total. The number of halogens is 7. The van der Waals surface area contributed by atoms with E-state index in [0.29, 0.717) is 11.9 Å². The molecule has 0 aliphatic carbocycles. The van der Waals surface area contributed by atoms with Gasteiger partial charge in [-0.25, -0.2) is 4.09 Å². The summed E-state index contributed by atoms with van der Waals surface area (Å²) in [6.45, 7) is 0. The van der Waals surface area contributed by atoms with E-state index >= 15 is 0 Å². The summed E-state index contributed by atoms with van der Waals surface area (Å²) in [6, 6.07) is 3.30. The van der Waals surface area contributed by atoms with Gasteiger partial charge in [0.2, 0.25) is 0 Å². The van der Waals surface area contributed by atoms with Crippen LogP contribution in [0, 0.1) is 0 Å². The zero-order valence-electron chi connectivity index (χ0n) is 9.74. The van der Waals surface area contributed by atoms with Gasteiger partial charge < -0.3 is 4.74 Å². The molecule has 3 nitrogen and oxygen atoms in total. The Balaban J connectivity index is 2.28. The zero-order valence-corrected chi connectivity index (χ0v) is 12.1. The van der Waals surface area contributed by atoms with Gasteiger partial charge in [0.1, 0.15) is 5.75 Å². The number of hydrogen-bond acceptors (Lipinski definition) is 3. The molecule has 1 heterocycles. The van der Waals surface area contributed by atoms with E-state index < -0.39 is 22.2 Å². The highest BCUT2D eigenvalue weighted by atomic mass is 35.5. The molecule has 1 aromatic heterocycles. The summed E-state index contributed by atoms with van der Waals surface area (Å²) in [5.74, 6) is -0.486. The highest BCUT2D eigenvalue weighted by molar-refractivity contribution is 8.01. The van der Waals surface area contributed by atoms with Crippen LogP contribution in [0.4, 0.5) is 22.0 Å². The van der Waals surface area contributed by atoms with Crippen LogP contribution >= 0.6 is 35.1 Å². The number of hydrogen-bond donors (Lipinski definition) is 0. The summed E-state index contributed by atoms with van der Waals surface area (Å²) in [7, 11) is 0. The lowest BCUT2D eigenvalue weighted by molar-refractivity contribution is -0.253. The fourth-order valence-electron chi connectivity index (χ4n) is 1.42. The molecule has 11 heteroatoms. The fourth-order valence-corrected chi connectivity index (χ4v) is 2.37. The lowest BCUT2D eigenvalue weighted by Crippen LogP contribution is -2.33. The number of fused-ring (bicyclic) bond motifs is 1. The maximum absolute atomic E-state index is 13.1. The van der Waals surface area contributed by atoms with Crippen molar-refractivity contribution >= 4 is 46.1 Å². The fraction of sp³-hybridized carbons (Fsp3) is 0.300. The average Bonchev–Trinajstić information content (AvgIpc) is 2.69. The van der Waals surface area contributed by atoms with Gasteiger partial charge in [0.15, 0.2) is 0 Å².